The van der Waals surface area contributed by atoms with Crippen molar-refractivity contribution in [2.24, 2.45) is 5.92 Å². The van der Waals surface area contributed by atoms with Crippen molar-refractivity contribution in [2.45, 2.75) is 38.5 Å². The Bertz CT molecular complexity index is 520. The maximum Gasteiger partial charge on any atom is 0.241 e. The lowest BCUT2D eigenvalue weighted by Crippen LogP contribution is -2.40. The molecule has 2 aliphatic rings. The summed E-state index contributed by atoms with van der Waals surface area (Å²) < 4.78 is 13.9. The van der Waals surface area contributed by atoms with Crippen molar-refractivity contribution in [3.05, 3.63) is 29.6 Å². The Hall–Kier alpha value is -1.58. The average Bonchev–Trinajstić information content (AvgIpc) is 3.30. The molecule has 0 spiro atoms. The first-order valence-electron chi connectivity index (χ1n) is 7.94. The number of likely N-dealkylation sites (tertiary alicyclic amines) is 1. The van der Waals surface area contributed by atoms with Crippen LogP contribution in [-0.2, 0) is 4.79 Å². The molecule has 1 aromatic carbocycles. The molecule has 0 bridgehead atoms. The molecule has 1 aliphatic carbocycles. The Morgan fingerprint density at radius 3 is 2.62 bits per heavy atom. The summed E-state index contributed by atoms with van der Waals surface area (Å²) in [5.74, 6) is 1.08. The van der Waals surface area contributed by atoms with Crippen LogP contribution in [0.1, 0.15) is 44.1 Å². The van der Waals surface area contributed by atoms with Crippen molar-refractivity contribution in [3.63, 3.8) is 0 Å². The number of nitrogens with one attached hydrogen (secondary N) is 1. The van der Waals surface area contributed by atoms with Crippen LogP contribution >= 0.6 is 0 Å². The van der Waals surface area contributed by atoms with Crippen LogP contribution in [0.5, 0.6) is 0 Å². The van der Waals surface area contributed by atoms with Crippen molar-refractivity contribution in [3.8, 4) is 0 Å². The van der Waals surface area contributed by atoms with Gasteiger partial charge in [-0.1, -0.05) is 13.0 Å². The fraction of sp³-hybridized carbons (Fsp3) is 0.588. The van der Waals surface area contributed by atoms with E-state index in [2.05, 4.69) is 12.2 Å². The highest BCUT2D eigenvalue weighted by atomic mass is 19.1. The molecule has 1 heterocycles. The second-order valence-corrected chi connectivity index (χ2v) is 6.43. The number of carbonyl (C=O) groups is 1. The number of piperidine rings is 1. The van der Waals surface area contributed by atoms with E-state index in [4.69, 9.17) is 0 Å². The molecule has 1 aromatic rings. The maximum absolute atomic E-state index is 13.9. The van der Waals surface area contributed by atoms with Gasteiger partial charge in [0.1, 0.15) is 5.82 Å². The quantitative estimate of drug-likeness (QED) is 0.922. The van der Waals surface area contributed by atoms with Crippen molar-refractivity contribution in [1.82, 2.24) is 4.90 Å². The summed E-state index contributed by atoms with van der Waals surface area (Å²) in [4.78, 5) is 14.0. The second kappa shape index (κ2) is 6.04. The number of rotatable bonds is 4. The van der Waals surface area contributed by atoms with E-state index in [-0.39, 0.29) is 18.3 Å². The largest absolute Gasteiger partial charge is 0.376 e. The molecule has 0 unspecified atom stereocenters. The molecule has 1 saturated carbocycles. The van der Waals surface area contributed by atoms with E-state index in [1.54, 1.807) is 0 Å². The fourth-order valence-corrected chi connectivity index (χ4v) is 2.91. The molecule has 2 fully saturated rings. The van der Waals surface area contributed by atoms with Crippen LogP contribution < -0.4 is 5.32 Å². The van der Waals surface area contributed by atoms with Crippen LogP contribution in [0.15, 0.2) is 18.2 Å². The second-order valence-electron chi connectivity index (χ2n) is 6.43. The number of hydrogen-bond acceptors (Lipinski definition) is 2. The van der Waals surface area contributed by atoms with Gasteiger partial charge in [-0.15, -0.1) is 0 Å². The van der Waals surface area contributed by atoms with Crippen molar-refractivity contribution < 1.29 is 9.18 Å². The predicted molar refractivity (Wildman–Crippen MR) is 81.8 cm³/mol. The number of amides is 1. The maximum atomic E-state index is 13.9. The van der Waals surface area contributed by atoms with Gasteiger partial charge >= 0.3 is 0 Å². The molecule has 3 rings (SSSR count). The standard InChI is InChI=1S/C17H23FN2O/c1-12-6-8-20(9-7-12)17(21)11-19-14-4-5-15(13-2-3-13)16(18)10-14/h4-5,10,12-13,19H,2-3,6-9,11H2,1H3. The van der Waals surface area contributed by atoms with Gasteiger partial charge in [0.25, 0.3) is 0 Å². The molecule has 1 amide bonds. The smallest absolute Gasteiger partial charge is 0.241 e. The lowest BCUT2D eigenvalue weighted by atomic mass is 9.99. The molecule has 21 heavy (non-hydrogen) atoms. The first-order valence-corrected chi connectivity index (χ1v) is 7.94. The minimum Gasteiger partial charge on any atom is -0.376 e. The van der Waals surface area contributed by atoms with E-state index in [0.717, 1.165) is 44.3 Å². The molecule has 0 radical (unpaired) electrons. The van der Waals surface area contributed by atoms with Gasteiger partial charge in [0.05, 0.1) is 6.54 Å². The van der Waals surface area contributed by atoms with E-state index in [1.807, 2.05) is 17.0 Å². The van der Waals surface area contributed by atoms with Gasteiger partial charge in [0.15, 0.2) is 0 Å². The van der Waals surface area contributed by atoms with Gasteiger partial charge in [-0.25, -0.2) is 4.39 Å². The number of benzene rings is 1. The minimum absolute atomic E-state index is 0.105. The molecule has 114 valence electrons. The van der Waals surface area contributed by atoms with E-state index >= 15 is 0 Å². The molecule has 0 atom stereocenters. The lowest BCUT2D eigenvalue weighted by Gasteiger charge is -2.30. The number of hydrogen-bond donors (Lipinski definition) is 1. The van der Waals surface area contributed by atoms with Crippen LogP contribution in [0.4, 0.5) is 10.1 Å². The van der Waals surface area contributed by atoms with Crippen LogP contribution in [-0.4, -0.2) is 30.4 Å². The van der Waals surface area contributed by atoms with Gasteiger partial charge in [0, 0.05) is 18.8 Å². The molecule has 0 aromatic heterocycles. The van der Waals surface area contributed by atoms with Crippen LogP contribution in [0, 0.1) is 11.7 Å². The Morgan fingerprint density at radius 2 is 2.00 bits per heavy atom. The highest BCUT2D eigenvalue weighted by Crippen LogP contribution is 2.41. The van der Waals surface area contributed by atoms with Crippen molar-refractivity contribution in [1.29, 1.82) is 0 Å². The number of anilines is 1. The number of carbonyl (C=O) groups excluding carboxylic acids is 1. The predicted octanol–water partition coefficient (Wildman–Crippen LogP) is 3.37. The third-order valence-corrected chi connectivity index (χ3v) is 4.60. The molecule has 4 heteroatoms. The zero-order valence-corrected chi connectivity index (χ0v) is 12.6. The van der Waals surface area contributed by atoms with Crippen molar-refractivity contribution >= 4 is 11.6 Å². The van der Waals surface area contributed by atoms with Crippen molar-refractivity contribution in [2.75, 3.05) is 25.0 Å². The summed E-state index contributed by atoms with van der Waals surface area (Å²) in [5.41, 5.74) is 1.51. The fourth-order valence-electron chi connectivity index (χ4n) is 2.91. The monoisotopic (exact) mass is 290 g/mol. The summed E-state index contributed by atoms with van der Waals surface area (Å²) in [6.07, 6.45) is 4.35. The number of halogens is 1. The zero-order chi connectivity index (χ0) is 14.8. The summed E-state index contributed by atoms with van der Waals surface area (Å²) in [6, 6.07) is 5.24. The zero-order valence-electron chi connectivity index (χ0n) is 12.6. The molecule has 1 saturated heterocycles. The first-order chi connectivity index (χ1) is 10.1. The Morgan fingerprint density at radius 1 is 1.29 bits per heavy atom. The van der Waals surface area contributed by atoms with Gasteiger partial charge in [0.2, 0.25) is 5.91 Å². The lowest BCUT2D eigenvalue weighted by molar-refractivity contribution is -0.130. The summed E-state index contributed by atoms with van der Waals surface area (Å²) in [5, 5.41) is 3.05. The third kappa shape index (κ3) is 3.55. The Labute approximate surface area is 125 Å². The summed E-state index contributed by atoms with van der Waals surface area (Å²) >= 11 is 0. The highest BCUT2D eigenvalue weighted by molar-refractivity contribution is 5.81. The van der Waals surface area contributed by atoms with E-state index in [0.29, 0.717) is 17.5 Å². The Kier molecular flexibility index (Phi) is 4.13. The molecular formula is C17H23FN2O. The van der Waals surface area contributed by atoms with Crippen LogP contribution in [0.2, 0.25) is 0 Å². The van der Waals surface area contributed by atoms with Gasteiger partial charge in [-0.2, -0.15) is 0 Å². The topological polar surface area (TPSA) is 32.3 Å². The summed E-state index contributed by atoms with van der Waals surface area (Å²) in [6.45, 7) is 4.16. The molecular weight excluding hydrogens is 267 g/mol. The number of nitrogens with zero attached hydrogens (tertiary/aromatic N) is 1. The van der Waals surface area contributed by atoms with Crippen LogP contribution in [0.3, 0.4) is 0 Å². The van der Waals surface area contributed by atoms with Gasteiger partial charge < -0.3 is 10.2 Å². The third-order valence-electron chi connectivity index (χ3n) is 4.60. The SMILES string of the molecule is CC1CCN(C(=O)CNc2ccc(C3CC3)c(F)c2)CC1. The normalized spacial score (nSPS) is 19.6. The van der Waals surface area contributed by atoms with Gasteiger partial charge in [-0.3, -0.25) is 4.79 Å². The van der Waals surface area contributed by atoms with E-state index < -0.39 is 0 Å². The van der Waals surface area contributed by atoms with Crippen LogP contribution in [0.25, 0.3) is 0 Å². The summed E-state index contributed by atoms with van der Waals surface area (Å²) in [7, 11) is 0. The molecule has 1 aliphatic heterocycles. The average molecular weight is 290 g/mol. The molecule has 3 nitrogen and oxygen atoms in total. The van der Waals surface area contributed by atoms with E-state index in [1.165, 1.54) is 6.07 Å². The van der Waals surface area contributed by atoms with E-state index in [9.17, 15) is 9.18 Å². The highest BCUT2D eigenvalue weighted by Gasteiger charge is 2.26. The minimum atomic E-state index is -0.151. The Balaban J connectivity index is 1.52. The molecule has 1 N–H and O–H groups in total. The van der Waals surface area contributed by atoms with Gasteiger partial charge in [-0.05, 0) is 55.2 Å². The first kappa shape index (κ1) is 14.4.